The number of nitrogens with one attached hydrogen (secondary N) is 2. The summed E-state index contributed by atoms with van der Waals surface area (Å²) in [5.41, 5.74) is 4.33. The predicted molar refractivity (Wildman–Crippen MR) is 127 cm³/mol. The van der Waals surface area contributed by atoms with Crippen molar-refractivity contribution >= 4 is 33.7 Å². The third kappa shape index (κ3) is 3.77. The smallest absolute Gasteiger partial charge is 0.182 e. The molecule has 7 nitrogen and oxygen atoms in total. The Labute approximate surface area is 187 Å². The average molecular weight is 429 g/mol. The monoisotopic (exact) mass is 428 g/mol. The molecule has 2 aliphatic rings. The second kappa shape index (κ2) is 8.06. The van der Waals surface area contributed by atoms with Crippen LogP contribution in [0.25, 0.3) is 22.1 Å². The van der Waals surface area contributed by atoms with Crippen molar-refractivity contribution in [1.29, 1.82) is 0 Å². The number of fused-ring (bicyclic) bond motifs is 2. The van der Waals surface area contributed by atoms with Crippen molar-refractivity contribution in [3.05, 3.63) is 54.4 Å². The predicted octanol–water partition coefficient (Wildman–Crippen LogP) is 4.52. The van der Waals surface area contributed by atoms with Gasteiger partial charge in [0.05, 0.1) is 6.20 Å². The Morgan fingerprint density at radius 1 is 1.00 bits per heavy atom. The van der Waals surface area contributed by atoms with Gasteiger partial charge in [-0.05, 0) is 66.3 Å². The molecule has 0 amide bonds. The number of hydrogen-bond donors (Lipinski definition) is 2. The molecule has 0 unspecified atom stereocenters. The fraction of sp³-hybridized carbons (Fsp3) is 0.400. The zero-order chi connectivity index (χ0) is 21.4. The van der Waals surface area contributed by atoms with Crippen LogP contribution in [-0.4, -0.2) is 46.2 Å². The van der Waals surface area contributed by atoms with E-state index in [1.807, 2.05) is 12.3 Å². The first-order valence-electron chi connectivity index (χ1n) is 11.5. The van der Waals surface area contributed by atoms with Crippen LogP contribution in [0.4, 0.5) is 11.6 Å². The summed E-state index contributed by atoms with van der Waals surface area (Å²) in [6.45, 7) is 4.61. The molecule has 0 radical (unpaired) electrons. The van der Waals surface area contributed by atoms with E-state index in [0.29, 0.717) is 17.6 Å². The number of pyridine rings is 1. The highest BCUT2D eigenvalue weighted by molar-refractivity contribution is 5.80. The molecule has 2 saturated heterocycles. The molecule has 2 N–H and O–H groups in total. The van der Waals surface area contributed by atoms with Crippen molar-refractivity contribution in [2.24, 2.45) is 5.41 Å². The van der Waals surface area contributed by atoms with Crippen LogP contribution in [0, 0.1) is 5.41 Å². The van der Waals surface area contributed by atoms with Crippen LogP contribution in [0.1, 0.15) is 31.2 Å². The normalized spacial score (nSPS) is 18.4. The Morgan fingerprint density at radius 3 is 2.75 bits per heavy atom. The number of aromatic amines is 1. The molecule has 0 saturated carbocycles. The number of anilines is 2. The number of rotatable bonds is 4. The van der Waals surface area contributed by atoms with Crippen LogP contribution in [-0.2, 0) is 11.3 Å². The van der Waals surface area contributed by atoms with E-state index in [4.69, 9.17) is 14.7 Å². The lowest BCUT2D eigenvalue weighted by Gasteiger charge is -2.44. The lowest BCUT2D eigenvalue weighted by Crippen LogP contribution is -2.43. The molecule has 1 aromatic carbocycles. The molecular formula is C25H28N6O. The molecule has 5 heterocycles. The van der Waals surface area contributed by atoms with E-state index in [-0.39, 0.29) is 0 Å². The van der Waals surface area contributed by atoms with E-state index in [9.17, 15) is 0 Å². The molecule has 32 heavy (non-hydrogen) atoms. The second-order valence-corrected chi connectivity index (χ2v) is 9.12. The molecule has 1 spiro atoms. The number of aromatic nitrogens is 4. The Hall–Kier alpha value is -3.19. The van der Waals surface area contributed by atoms with Gasteiger partial charge in [0.15, 0.2) is 5.65 Å². The number of piperidine rings is 1. The third-order valence-corrected chi connectivity index (χ3v) is 7.19. The van der Waals surface area contributed by atoms with Crippen LogP contribution < -0.4 is 10.2 Å². The summed E-state index contributed by atoms with van der Waals surface area (Å²) in [5.74, 6) is 1.75. The maximum atomic E-state index is 5.58. The lowest BCUT2D eigenvalue weighted by molar-refractivity contribution is 0.00206. The fourth-order valence-electron chi connectivity index (χ4n) is 5.06. The van der Waals surface area contributed by atoms with Crippen molar-refractivity contribution in [1.82, 2.24) is 19.9 Å². The minimum Gasteiger partial charge on any atom is -0.381 e. The third-order valence-electron chi connectivity index (χ3n) is 7.19. The Bertz CT molecular complexity index is 1240. The molecule has 3 aromatic heterocycles. The topological polar surface area (TPSA) is 79.0 Å². The van der Waals surface area contributed by atoms with Gasteiger partial charge in [0.25, 0.3) is 0 Å². The van der Waals surface area contributed by atoms with Crippen LogP contribution >= 0.6 is 0 Å². The maximum absolute atomic E-state index is 5.58. The number of benzene rings is 1. The molecule has 0 aliphatic carbocycles. The number of H-pyrrole nitrogens is 1. The summed E-state index contributed by atoms with van der Waals surface area (Å²) in [7, 11) is 0. The zero-order valence-electron chi connectivity index (χ0n) is 18.2. The molecule has 6 rings (SSSR count). The van der Waals surface area contributed by atoms with Crippen molar-refractivity contribution in [3.8, 4) is 0 Å². The minimum absolute atomic E-state index is 0.478. The first-order chi connectivity index (χ1) is 15.8. The van der Waals surface area contributed by atoms with Crippen LogP contribution in [0.15, 0.2) is 48.8 Å². The molecule has 2 fully saturated rings. The van der Waals surface area contributed by atoms with E-state index in [1.54, 1.807) is 6.20 Å². The highest BCUT2D eigenvalue weighted by Crippen LogP contribution is 2.41. The van der Waals surface area contributed by atoms with E-state index < -0.39 is 0 Å². The van der Waals surface area contributed by atoms with E-state index in [0.717, 1.165) is 49.0 Å². The minimum atomic E-state index is 0.478. The molecule has 164 valence electrons. The second-order valence-electron chi connectivity index (χ2n) is 9.12. The van der Waals surface area contributed by atoms with Gasteiger partial charge in [0, 0.05) is 44.6 Å². The highest BCUT2D eigenvalue weighted by atomic mass is 16.5. The SMILES string of the molecule is c1cc2ccc(CNc3cnc4ccc(N5CCC6(CCOCC6)CC5)nc4n3)cc2[nH]1. The summed E-state index contributed by atoms with van der Waals surface area (Å²) >= 11 is 0. The zero-order valence-corrected chi connectivity index (χ0v) is 18.2. The standard InChI is InChI=1S/C25H28N6O/c1-2-19-5-10-26-21(19)15-18(1)16-28-22-17-27-20-3-4-23(30-24(20)29-22)31-11-6-25(7-12-31)8-13-32-14-9-25/h1-5,10,15,17,26H,6-9,11-14,16H2,(H,28,29,30). The number of nitrogens with zero attached hydrogens (tertiary/aromatic N) is 4. The summed E-state index contributed by atoms with van der Waals surface area (Å²) in [6, 6.07) is 12.6. The summed E-state index contributed by atoms with van der Waals surface area (Å²) in [4.78, 5) is 19.8. The van der Waals surface area contributed by atoms with Crippen molar-refractivity contribution in [3.63, 3.8) is 0 Å². The largest absolute Gasteiger partial charge is 0.381 e. The Kier molecular flexibility index (Phi) is 4.91. The van der Waals surface area contributed by atoms with Gasteiger partial charge < -0.3 is 19.9 Å². The van der Waals surface area contributed by atoms with Gasteiger partial charge in [-0.15, -0.1) is 0 Å². The van der Waals surface area contributed by atoms with Gasteiger partial charge in [-0.1, -0.05) is 12.1 Å². The van der Waals surface area contributed by atoms with Crippen LogP contribution in [0.5, 0.6) is 0 Å². The molecular weight excluding hydrogens is 400 g/mol. The van der Waals surface area contributed by atoms with Gasteiger partial charge >= 0.3 is 0 Å². The summed E-state index contributed by atoms with van der Waals surface area (Å²) in [6.07, 6.45) is 8.58. The Morgan fingerprint density at radius 2 is 1.88 bits per heavy atom. The lowest BCUT2D eigenvalue weighted by atomic mass is 9.72. The highest BCUT2D eigenvalue weighted by Gasteiger charge is 2.36. The average Bonchev–Trinajstić information content (AvgIpc) is 3.31. The fourth-order valence-corrected chi connectivity index (χ4v) is 5.06. The van der Waals surface area contributed by atoms with Gasteiger partial charge in [-0.3, -0.25) is 0 Å². The van der Waals surface area contributed by atoms with Crippen molar-refractivity contribution in [2.45, 2.75) is 32.2 Å². The quantitative estimate of drug-likeness (QED) is 0.498. The molecule has 0 bridgehead atoms. The Balaban J connectivity index is 1.16. The van der Waals surface area contributed by atoms with Gasteiger partial charge in [-0.2, -0.15) is 0 Å². The molecule has 7 heteroatoms. The van der Waals surface area contributed by atoms with Crippen molar-refractivity contribution in [2.75, 3.05) is 36.5 Å². The van der Waals surface area contributed by atoms with E-state index >= 15 is 0 Å². The van der Waals surface area contributed by atoms with Gasteiger partial charge in [0.2, 0.25) is 0 Å². The summed E-state index contributed by atoms with van der Waals surface area (Å²) in [5, 5.41) is 4.61. The first-order valence-corrected chi connectivity index (χ1v) is 11.5. The van der Waals surface area contributed by atoms with Crippen molar-refractivity contribution < 1.29 is 4.74 Å². The molecule has 0 atom stereocenters. The number of ether oxygens (including phenoxy) is 1. The van der Waals surface area contributed by atoms with Gasteiger partial charge in [-0.25, -0.2) is 15.0 Å². The molecule has 2 aliphatic heterocycles. The summed E-state index contributed by atoms with van der Waals surface area (Å²) < 4.78 is 5.58. The number of hydrogen-bond acceptors (Lipinski definition) is 6. The van der Waals surface area contributed by atoms with E-state index in [2.05, 4.69) is 50.5 Å². The molecule has 4 aromatic rings. The van der Waals surface area contributed by atoms with Gasteiger partial charge in [0.1, 0.15) is 17.2 Å². The van der Waals surface area contributed by atoms with E-state index in [1.165, 1.54) is 36.6 Å². The van der Waals surface area contributed by atoms with Crippen LogP contribution in [0.3, 0.4) is 0 Å². The van der Waals surface area contributed by atoms with Crippen LogP contribution in [0.2, 0.25) is 0 Å². The first kappa shape index (κ1) is 19.5. The maximum Gasteiger partial charge on any atom is 0.182 e.